The number of nitrogens with zero attached hydrogens (tertiary/aromatic N) is 6. The van der Waals surface area contributed by atoms with E-state index < -0.39 is 0 Å². The predicted molar refractivity (Wildman–Crippen MR) is 103 cm³/mol. The van der Waals surface area contributed by atoms with Crippen molar-refractivity contribution in [3.05, 3.63) is 75.0 Å². The van der Waals surface area contributed by atoms with E-state index in [0.29, 0.717) is 28.9 Å². The summed E-state index contributed by atoms with van der Waals surface area (Å²) in [4.78, 5) is 17.1. The van der Waals surface area contributed by atoms with E-state index in [4.69, 9.17) is 20.9 Å². The summed E-state index contributed by atoms with van der Waals surface area (Å²) in [5, 5.41) is 13.0. The molecule has 0 N–H and O–H groups in total. The van der Waals surface area contributed by atoms with E-state index >= 15 is 0 Å². The zero-order chi connectivity index (χ0) is 20.0. The SMILES string of the molecule is Cc1cnn2ncn(Cc3nc([C@@H]4CO[C@@H](c5ccc(Cl)cc5)C4)no3)c(=O)c12. The summed E-state index contributed by atoms with van der Waals surface area (Å²) in [5.74, 6) is 0.960. The third kappa shape index (κ3) is 3.32. The molecule has 0 bridgehead atoms. The van der Waals surface area contributed by atoms with Crippen molar-refractivity contribution >= 4 is 17.1 Å². The Morgan fingerprint density at radius 1 is 1.24 bits per heavy atom. The minimum atomic E-state index is -0.207. The molecule has 148 valence electrons. The van der Waals surface area contributed by atoms with E-state index in [1.54, 1.807) is 6.20 Å². The molecule has 0 saturated carbocycles. The van der Waals surface area contributed by atoms with Crippen LogP contribution in [-0.4, -0.2) is 36.1 Å². The summed E-state index contributed by atoms with van der Waals surface area (Å²) in [7, 11) is 0. The molecule has 0 radical (unpaired) electrons. The van der Waals surface area contributed by atoms with Crippen LogP contribution in [0.25, 0.3) is 5.52 Å². The first-order valence-electron chi connectivity index (χ1n) is 9.18. The fourth-order valence-corrected chi connectivity index (χ4v) is 3.66. The highest BCUT2D eigenvalue weighted by Gasteiger charge is 2.31. The van der Waals surface area contributed by atoms with Crippen LogP contribution in [0.3, 0.4) is 0 Å². The smallest absolute Gasteiger partial charge is 0.280 e. The summed E-state index contributed by atoms with van der Waals surface area (Å²) >= 11 is 5.95. The Labute approximate surface area is 169 Å². The second-order valence-corrected chi connectivity index (χ2v) is 7.52. The van der Waals surface area contributed by atoms with Crippen LogP contribution in [0.2, 0.25) is 5.02 Å². The topological polar surface area (TPSA) is 100 Å². The lowest BCUT2D eigenvalue weighted by atomic mass is 10.0. The third-order valence-electron chi connectivity index (χ3n) is 5.09. The molecule has 1 fully saturated rings. The zero-order valence-corrected chi connectivity index (χ0v) is 16.3. The van der Waals surface area contributed by atoms with Gasteiger partial charge in [-0.1, -0.05) is 28.9 Å². The fraction of sp³-hybridized carbons (Fsp3) is 0.316. The maximum absolute atomic E-state index is 12.6. The van der Waals surface area contributed by atoms with Crippen molar-refractivity contribution in [3.8, 4) is 0 Å². The first-order valence-corrected chi connectivity index (χ1v) is 9.56. The number of fused-ring (bicyclic) bond motifs is 1. The predicted octanol–water partition coefficient (Wildman–Crippen LogP) is 2.53. The number of aryl methyl sites for hydroxylation is 1. The molecule has 0 spiro atoms. The number of aromatic nitrogens is 6. The molecule has 0 aliphatic carbocycles. The van der Waals surface area contributed by atoms with E-state index in [9.17, 15) is 4.79 Å². The van der Waals surface area contributed by atoms with Gasteiger partial charge in [-0.25, -0.2) is 0 Å². The van der Waals surface area contributed by atoms with Gasteiger partial charge in [-0.15, -0.1) is 9.73 Å². The summed E-state index contributed by atoms with van der Waals surface area (Å²) in [5.41, 5.74) is 2.06. The highest BCUT2D eigenvalue weighted by Crippen LogP contribution is 2.37. The van der Waals surface area contributed by atoms with Crippen molar-refractivity contribution in [2.75, 3.05) is 6.61 Å². The summed E-state index contributed by atoms with van der Waals surface area (Å²) in [6.45, 7) is 2.47. The molecular weight excluding hydrogens is 396 g/mol. The van der Waals surface area contributed by atoms with Gasteiger partial charge in [0.25, 0.3) is 5.56 Å². The van der Waals surface area contributed by atoms with Gasteiger partial charge in [0, 0.05) is 16.5 Å². The number of rotatable bonds is 4. The molecule has 1 aliphatic rings. The number of hydrogen-bond donors (Lipinski definition) is 0. The summed E-state index contributed by atoms with van der Waals surface area (Å²) in [6, 6.07) is 7.63. The maximum Gasteiger partial charge on any atom is 0.280 e. The van der Waals surface area contributed by atoms with Gasteiger partial charge in [0.15, 0.2) is 11.3 Å². The molecule has 0 unspecified atom stereocenters. The molecule has 1 saturated heterocycles. The molecule has 10 heteroatoms. The molecule has 9 nitrogen and oxygen atoms in total. The number of ether oxygens (including phenoxy) is 1. The highest BCUT2D eigenvalue weighted by atomic mass is 35.5. The Hall–Kier alpha value is -3.04. The van der Waals surface area contributed by atoms with Crippen molar-refractivity contribution in [1.29, 1.82) is 0 Å². The lowest BCUT2D eigenvalue weighted by Gasteiger charge is -2.09. The van der Waals surface area contributed by atoms with Crippen molar-refractivity contribution in [1.82, 2.24) is 29.5 Å². The fourth-order valence-electron chi connectivity index (χ4n) is 3.53. The largest absolute Gasteiger partial charge is 0.373 e. The third-order valence-corrected chi connectivity index (χ3v) is 5.34. The van der Waals surface area contributed by atoms with Crippen LogP contribution in [0.4, 0.5) is 0 Å². The van der Waals surface area contributed by atoms with Crippen molar-refractivity contribution in [3.63, 3.8) is 0 Å². The Balaban J connectivity index is 1.32. The molecule has 1 aromatic carbocycles. The van der Waals surface area contributed by atoms with Crippen LogP contribution in [0.1, 0.15) is 41.3 Å². The minimum absolute atomic E-state index is 0.0294. The van der Waals surface area contributed by atoms with E-state index in [0.717, 1.165) is 17.5 Å². The van der Waals surface area contributed by atoms with Crippen molar-refractivity contribution in [2.24, 2.45) is 0 Å². The second kappa shape index (κ2) is 7.09. The van der Waals surface area contributed by atoms with Crippen LogP contribution in [0.5, 0.6) is 0 Å². The lowest BCUT2D eigenvalue weighted by Crippen LogP contribution is -2.24. The average molecular weight is 413 g/mol. The summed E-state index contributed by atoms with van der Waals surface area (Å²) in [6.07, 6.45) is 3.75. The zero-order valence-electron chi connectivity index (χ0n) is 15.5. The average Bonchev–Trinajstić information content (AvgIpc) is 3.45. The van der Waals surface area contributed by atoms with Crippen LogP contribution in [0, 0.1) is 6.92 Å². The van der Waals surface area contributed by atoms with Gasteiger partial charge in [0.1, 0.15) is 12.9 Å². The normalized spacial score (nSPS) is 19.2. The van der Waals surface area contributed by atoms with Crippen LogP contribution in [-0.2, 0) is 11.3 Å². The van der Waals surface area contributed by atoms with Crippen LogP contribution >= 0.6 is 11.6 Å². The van der Waals surface area contributed by atoms with Gasteiger partial charge < -0.3 is 9.26 Å². The standard InChI is InChI=1S/C19H17ClN6O3/c1-11-7-21-26-17(11)19(27)25(10-22-26)8-16-23-18(24-29-16)13-6-15(28-9-13)12-2-4-14(20)5-3-12/h2-5,7,10,13,15H,6,8-9H2,1H3/t13-,15+/m0/s1. The molecule has 29 heavy (non-hydrogen) atoms. The number of benzene rings is 1. The number of hydrogen-bond acceptors (Lipinski definition) is 7. The van der Waals surface area contributed by atoms with Gasteiger partial charge in [-0.05, 0) is 31.0 Å². The van der Waals surface area contributed by atoms with Crippen LogP contribution in [0.15, 0.2) is 46.1 Å². The molecular formula is C19H17ClN6O3. The van der Waals surface area contributed by atoms with Crippen molar-refractivity contribution < 1.29 is 9.26 Å². The van der Waals surface area contributed by atoms with Gasteiger partial charge in [0.2, 0.25) is 5.89 Å². The van der Waals surface area contributed by atoms with Gasteiger partial charge in [-0.3, -0.25) is 9.36 Å². The molecule has 1 aliphatic heterocycles. The van der Waals surface area contributed by atoms with E-state index in [1.807, 2.05) is 31.2 Å². The second-order valence-electron chi connectivity index (χ2n) is 7.08. The molecule has 3 aromatic heterocycles. The molecule has 2 atom stereocenters. The molecule has 5 rings (SSSR count). The van der Waals surface area contributed by atoms with E-state index in [1.165, 1.54) is 15.5 Å². The maximum atomic E-state index is 12.6. The van der Waals surface area contributed by atoms with E-state index in [-0.39, 0.29) is 24.1 Å². The summed E-state index contributed by atoms with van der Waals surface area (Å²) < 4.78 is 14.0. The number of halogens is 1. The first kappa shape index (κ1) is 18.0. The van der Waals surface area contributed by atoms with Gasteiger partial charge >= 0.3 is 0 Å². The minimum Gasteiger partial charge on any atom is -0.373 e. The van der Waals surface area contributed by atoms with Gasteiger partial charge in [-0.2, -0.15) is 10.1 Å². The Morgan fingerprint density at radius 3 is 2.90 bits per heavy atom. The highest BCUT2D eigenvalue weighted by molar-refractivity contribution is 6.30. The van der Waals surface area contributed by atoms with Gasteiger partial charge in [0.05, 0.1) is 18.9 Å². The van der Waals surface area contributed by atoms with Crippen LogP contribution < -0.4 is 5.56 Å². The molecule has 4 heterocycles. The molecule has 0 amide bonds. The van der Waals surface area contributed by atoms with E-state index in [2.05, 4.69) is 20.3 Å². The monoisotopic (exact) mass is 412 g/mol. The molecule has 4 aromatic rings. The Bertz CT molecular complexity index is 1230. The van der Waals surface area contributed by atoms with Crippen molar-refractivity contribution in [2.45, 2.75) is 31.9 Å². The Morgan fingerprint density at radius 2 is 2.07 bits per heavy atom. The first-order chi connectivity index (χ1) is 14.1. The lowest BCUT2D eigenvalue weighted by molar-refractivity contribution is 0.110. The quantitative estimate of drug-likeness (QED) is 0.507. The Kier molecular flexibility index (Phi) is 4.40.